The smallest absolute Gasteiger partial charge is 0.270 e. The Kier molecular flexibility index (Phi) is 4.78. The monoisotopic (exact) mass is 354 g/mol. The first kappa shape index (κ1) is 16.8. The molecular formula is C14H18N4O5S. The van der Waals surface area contributed by atoms with E-state index in [2.05, 4.69) is 14.6 Å². The predicted molar refractivity (Wildman–Crippen MR) is 86.7 cm³/mol. The number of morpholine rings is 1. The SMILES string of the molecule is O=[N+]([O-])c1ccc2c(c1)S(=O)(=O)NC2=NCCCN1CCOCC1. The lowest BCUT2D eigenvalue weighted by atomic mass is 10.2. The summed E-state index contributed by atoms with van der Waals surface area (Å²) < 4.78 is 31.8. The third kappa shape index (κ3) is 3.55. The van der Waals surface area contributed by atoms with Gasteiger partial charge in [-0.1, -0.05) is 0 Å². The van der Waals surface area contributed by atoms with Crippen molar-refractivity contribution in [2.75, 3.05) is 39.4 Å². The maximum absolute atomic E-state index is 12.1. The average Bonchev–Trinajstić information content (AvgIpc) is 2.83. The minimum Gasteiger partial charge on any atom is -0.379 e. The largest absolute Gasteiger partial charge is 0.379 e. The summed E-state index contributed by atoms with van der Waals surface area (Å²) in [4.78, 5) is 16.7. The number of amidine groups is 1. The van der Waals surface area contributed by atoms with Crippen LogP contribution < -0.4 is 4.72 Å². The van der Waals surface area contributed by atoms with Crippen LogP contribution in [-0.2, 0) is 14.8 Å². The van der Waals surface area contributed by atoms with Crippen molar-refractivity contribution in [3.8, 4) is 0 Å². The Balaban J connectivity index is 1.68. The lowest BCUT2D eigenvalue weighted by Gasteiger charge is -2.26. The molecule has 9 nitrogen and oxygen atoms in total. The number of hydrogen-bond donors (Lipinski definition) is 1. The standard InChI is InChI=1S/C14H18N4O5S/c19-18(20)11-2-3-12-13(10-11)24(21,22)16-14(12)15-4-1-5-17-6-8-23-9-7-17/h2-3,10H,1,4-9H2,(H,15,16). The van der Waals surface area contributed by atoms with E-state index in [1.54, 1.807) is 0 Å². The van der Waals surface area contributed by atoms with Gasteiger partial charge in [-0.25, -0.2) is 8.42 Å². The van der Waals surface area contributed by atoms with Gasteiger partial charge in [0.1, 0.15) is 10.7 Å². The number of sulfonamides is 1. The molecule has 10 heteroatoms. The van der Waals surface area contributed by atoms with Crippen LogP contribution in [0.25, 0.3) is 0 Å². The summed E-state index contributed by atoms with van der Waals surface area (Å²) in [7, 11) is -3.78. The number of rotatable bonds is 5. The molecule has 0 unspecified atom stereocenters. The van der Waals surface area contributed by atoms with E-state index < -0.39 is 14.9 Å². The van der Waals surface area contributed by atoms with Crippen LogP contribution in [0.15, 0.2) is 28.1 Å². The van der Waals surface area contributed by atoms with E-state index in [0.717, 1.165) is 45.3 Å². The fraction of sp³-hybridized carbons (Fsp3) is 0.500. The topological polar surface area (TPSA) is 114 Å². The van der Waals surface area contributed by atoms with Gasteiger partial charge < -0.3 is 4.74 Å². The zero-order valence-corrected chi connectivity index (χ0v) is 13.8. The fourth-order valence-electron chi connectivity index (χ4n) is 2.71. The van der Waals surface area contributed by atoms with Gasteiger partial charge in [0.15, 0.2) is 0 Å². The Morgan fingerprint density at radius 2 is 2.08 bits per heavy atom. The number of nitro groups is 1. The summed E-state index contributed by atoms with van der Waals surface area (Å²) >= 11 is 0. The van der Waals surface area contributed by atoms with Gasteiger partial charge in [-0.05, 0) is 12.5 Å². The average molecular weight is 354 g/mol. The lowest BCUT2D eigenvalue weighted by molar-refractivity contribution is -0.385. The Hall–Kier alpha value is -2.04. The van der Waals surface area contributed by atoms with Gasteiger partial charge in [0.25, 0.3) is 15.7 Å². The molecule has 0 aromatic heterocycles. The molecule has 1 aromatic carbocycles. The number of ether oxygens (including phenoxy) is 1. The van der Waals surface area contributed by atoms with Gasteiger partial charge in [0, 0.05) is 43.9 Å². The third-order valence-electron chi connectivity index (χ3n) is 3.96. The minimum absolute atomic E-state index is 0.0939. The van der Waals surface area contributed by atoms with Crippen LogP contribution in [0.3, 0.4) is 0 Å². The molecule has 1 fully saturated rings. The summed E-state index contributed by atoms with van der Waals surface area (Å²) in [6.45, 7) is 4.62. The Labute approximate surface area is 139 Å². The van der Waals surface area contributed by atoms with Crippen molar-refractivity contribution in [3.63, 3.8) is 0 Å². The van der Waals surface area contributed by atoms with Crippen LogP contribution in [0, 0.1) is 10.1 Å². The first-order chi connectivity index (χ1) is 11.5. The molecule has 2 heterocycles. The molecule has 0 atom stereocenters. The first-order valence-electron chi connectivity index (χ1n) is 7.63. The van der Waals surface area contributed by atoms with Gasteiger partial charge >= 0.3 is 0 Å². The third-order valence-corrected chi connectivity index (χ3v) is 5.34. The van der Waals surface area contributed by atoms with Crippen LogP contribution in [0.4, 0.5) is 5.69 Å². The summed E-state index contributed by atoms with van der Waals surface area (Å²) in [6.07, 6.45) is 0.799. The highest BCUT2D eigenvalue weighted by Crippen LogP contribution is 2.27. The first-order valence-corrected chi connectivity index (χ1v) is 9.12. The van der Waals surface area contributed by atoms with Crippen LogP contribution in [-0.4, -0.2) is 63.5 Å². The normalized spacial score (nSPS) is 21.4. The molecule has 1 N–H and O–H groups in total. The van der Waals surface area contributed by atoms with Crippen molar-refractivity contribution >= 4 is 21.5 Å². The maximum atomic E-state index is 12.1. The van der Waals surface area contributed by atoms with E-state index in [0.29, 0.717) is 12.1 Å². The van der Waals surface area contributed by atoms with Crippen LogP contribution in [0.5, 0.6) is 0 Å². The second-order valence-electron chi connectivity index (χ2n) is 5.58. The number of benzene rings is 1. The molecule has 0 amide bonds. The maximum Gasteiger partial charge on any atom is 0.270 e. The quantitative estimate of drug-likeness (QED) is 0.464. The van der Waals surface area contributed by atoms with Gasteiger partial charge in [-0.2, -0.15) is 0 Å². The van der Waals surface area contributed by atoms with Crippen molar-refractivity contribution in [1.29, 1.82) is 0 Å². The second-order valence-corrected chi connectivity index (χ2v) is 7.23. The molecule has 0 aliphatic carbocycles. The molecule has 24 heavy (non-hydrogen) atoms. The number of aliphatic imine (C=N–C) groups is 1. The van der Waals surface area contributed by atoms with Gasteiger partial charge in [-0.3, -0.25) is 24.7 Å². The van der Waals surface area contributed by atoms with Crippen LogP contribution in [0.2, 0.25) is 0 Å². The molecule has 0 radical (unpaired) electrons. The Morgan fingerprint density at radius 3 is 2.79 bits per heavy atom. The minimum atomic E-state index is -3.78. The van der Waals surface area contributed by atoms with Crippen molar-refractivity contribution < 1.29 is 18.1 Å². The summed E-state index contributed by atoms with van der Waals surface area (Å²) in [5.41, 5.74) is 0.125. The molecule has 3 rings (SSSR count). The van der Waals surface area contributed by atoms with Gasteiger partial charge in [0.2, 0.25) is 0 Å². The summed E-state index contributed by atoms with van der Waals surface area (Å²) in [5, 5.41) is 10.8. The van der Waals surface area contributed by atoms with Crippen molar-refractivity contribution in [3.05, 3.63) is 33.9 Å². The zero-order valence-electron chi connectivity index (χ0n) is 13.0. The van der Waals surface area contributed by atoms with Gasteiger partial charge in [-0.15, -0.1) is 0 Å². The van der Waals surface area contributed by atoms with Crippen molar-refractivity contribution in [2.45, 2.75) is 11.3 Å². The molecule has 2 aliphatic heterocycles. The number of hydrogen-bond acceptors (Lipinski definition) is 7. The fourth-order valence-corrected chi connectivity index (χ4v) is 3.98. The predicted octanol–water partition coefficient (Wildman–Crippen LogP) is 0.356. The molecule has 0 saturated carbocycles. The molecule has 0 bridgehead atoms. The molecule has 2 aliphatic rings. The highest BCUT2D eigenvalue weighted by atomic mass is 32.2. The van der Waals surface area contributed by atoms with Crippen molar-refractivity contribution in [1.82, 2.24) is 9.62 Å². The molecule has 1 aromatic rings. The second kappa shape index (κ2) is 6.83. The van der Waals surface area contributed by atoms with E-state index in [9.17, 15) is 18.5 Å². The highest BCUT2D eigenvalue weighted by Gasteiger charge is 2.32. The van der Waals surface area contributed by atoms with E-state index in [1.807, 2.05) is 0 Å². The number of nitro benzene ring substituents is 1. The highest BCUT2D eigenvalue weighted by molar-refractivity contribution is 7.90. The number of nitrogens with zero attached hydrogens (tertiary/aromatic N) is 3. The molecule has 1 saturated heterocycles. The van der Waals surface area contributed by atoms with E-state index in [-0.39, 0.29) is 16.4 Å². The number of nitrogens with one attached hydrogen (secondary N) is 1. The van der Waals surface area contributed by atoms with Gasteiger partial charge in [0.05, 0.1) is 18.1 Å². The Bertz CT molecular complexity index is 771. The molecule has 130 valence electrons. The number of fused-ring (bicyclic) bond motifs is 1. The van der Waals surface area contributed by atoms with E-state index >= 15 is 0 Å². The molecular weight excluding hydrogens is 336 g/mol. The van der Waals surface area contributed by atoms with Crippen LogP contribution in [0.1, 0.15) is 12.0 Å². The van der Waals surface area contributed by atoms with E-state index in [4.69, 9.17) is 4.74 Å². The lowest BCUT2D eigenvalue weighted by Crippen LogP contribution is -2.37. The summed E-state index contributed by atoms with van der Waals surface area (Å²) in [5.74, 6) is 0.252. The Morgan fingerprint density at radius 1 is 1.33 bits per heavy atom. The zero-order chi connectivity index (χ0) is 17.2. The molecule has 0 spiro atoms. The van der Waals surface area contributed by atoms with Crippen LogP contribution >= 0.6 is 0 Å². The van der Waals surface area contributed by atoms with Crippen molar-refractivity contribution in [2.24, 2.45) is 4.99 Å². The van der Waals surface area contributed by atoms with E-state index in [1.165, 1.54) is 12.1 Å². The summed E-state index contributed by atoms with van der Waals surface area (Å²) in [6, 6.07) is 3.77. The number of non-ortho nitro benzene ring substituents is 1.